The normalized spacial score (nSPS) is 32.3. The maximum absolute atomic E-state index is 10.8. The zero-order chi connectivity index (χ0) is 8.27. The van der Waals surface area contributed by atoms with Crippen LogP contribution in [0.25, 0.3) is 0 Å². The monoisotopic (exact) mass is 170 g/mol. The van der Waals surface area contributed by atoms with Gasteiger partial charge in [0.2, 0.25) is 16.3 Å². The molecule has 60 valence electrons. The fourth-order valence-corrected chi connectivity index (χ4v) is 1.57. The average Bonchev–Trinajstić information content (AvgIpc) is 1.85. The molecule has 0 amide bonds. The molecular weight excluding hydrogens is 159 g/mol. The van der Waals surface area contributed by atoms with Crippen LogP contribution in [0.15, 0.2) is 11.0 Å². The fourth-order valence-electron chi connectivity index (χ4n) is 1.14. The van der Waals surface area contributed by atoms with Crippen molar-refractivity contribution in [1.82, 2.24) is 0 Å². The molecule has 1 heterocycles. The first-order chi connectivity index (χ1) is 5.22. The van der Waals surface area contributed by atoms with Crippen LogP contribution in [0.1, 0.15) is 12.8 Å². The van der Waals surface area contributed by atoms with E-state index in [1.54, 1.807) is 0 Å². The van der Waals surface area contributed by atoms with Gasteiger partial charge in [0.15, 0.2) is 0 Å². The van der Waals surface area contributed by atoms with Crippen LogP contribution >= 0.6 is 0 Å². The Morgan fingerprint density at radius 2 is 2.45 bits per heavy atom. The van der Waals surface area contributed by atoms with E-state index in [0.717, 1.165) is 16.3 Å². The Morgan fingerprint density at radius 1 is 1.73 bits per heavy atom. The highest BCUT2D eigenvalue weighted by atomic mass is 27.0. The van der Waals surface area contributed by atoms with Crippen LogP contribution in [0, 0.1) is 0 Å². The Kier molecular flexibility index (Phi) is 3.13. The molecule has 0 spiro atoms. The summed E-state index contributed by atoms with van der Waals surface area (Å²) in [6.07, 6.45) is 1.82. The van der Waals surface area contributed by atoms with E-state index < -0.39 is 6.10 Å². The number of hydrogen-bond donors (Lipinski definition) is 1. The zero-order valence-corrected chi connectivity index (χ0v) is 8.49. The van der Waals surface area contributed by atoms with Crippen molar-refractivity contribution in [1.29, 1.82) is 0 Å². The van der Waals surface area contributed by atoms with Crippen LogP contribution in [0.3, 0.4) is 0 Å². The minimum Gasteiger partial charge on any atom is -0.458 e. The van der Waals surface area contributed by atoms with E-state index in [1.807, 2.05) is 11.0 Å². The smallest absolute Gasteiger partial charge is 0.309 e. The highest BCUT2D eigenvalue weighted by molar-refractivity contribution is 6.17. The van der Waals surface area contributed by atoms with Crippen molar-refractivity contribution in [2.45, 2.75) is 25.0 Å². The summed E-state index contributed by atoms with van der Waals surface area (Å²) in [7, 11) is 0. The number of carbonyl (C=O) groups is 1. The molecular formula is C7H11AlO3. The molecule has 0 aliphatic carbocycles. The molecule has 0 radical (unpaired) electrons. The maximum atomic E-state index is 10.8. The van der Waals surface area contributed by atoms with Crippen LogP contribution in [-0.4, -0.2) is 39.6 Å². The van der Waals surface area contributed by atoms with Gasteiger partial charge in [-0.15, -0.1) is 0 Å². The quantitative estimate of drug-likeness (QED) is 0.414. The Morgan fingerprint density at radius 3 is 3.00 bits per heavy atom. The summed E-state index contributed by atoms with van der Waals surface area (Å²) in [5.41, 5.74) is 0. The molecule has 1 aliphatic heterocycles. The van der Waals surface area contributed by atoms with Gasteiger partial charge in [-0.2, -0.15) is 4.94 Å². The summed E-state index contributed by atoms with van der Waals surface area (Å²) >= 11 is 0.956. The molecule has 2 unspecified atom stereocenters. The molecule has 0 bridgehead atoms. The Balaban J connectivity index is 2.49. The topological polar surface area (TPSA) is 46.5 Å². The van der Waals surface area contributed by atoms with E-state index in [0.29, 0.717) is 6.42 Å². The lowest BCUT2D eigenvalue weighted by molar-refractivity contribution is -0.156. The lowest BCUT2D eigenvalue weighted by atomic mass is 10.1. The van der Waals surface area contributed by atoms with Gasteiger partial charge in [0, 0.05) is 6.42 Å². The fraction of sp³-hybridized carbons (Fsp3) is 0.571. The van der Waals surface area contributed by atoms with Gasteiger partial charge in [0.05, 0.1) is 12.5 Å². The van der Waals surface area contributed by atoms with Gasteiger partial charge in [-0.3, -0.25) is 4.79 Å². The molecule has 3 nitrogen and oxygen atoms in total. The summed E-state index contributed by atoms with van der Waals surface area (Å²) in [6.45, 7) is 0. The molecule has 2 atom stereocenters. The molecule has 0 aromatic carbocycles. The minimum atomic E-state index is -0.515. The summed E-state index contributed by atoms with van der Waals surface area (Å²) in [4.78, 5) is 12.7. The number of cyclic esters (lactones) is 1. The zero-order valence-electron chi connectivity index (χ0n) is 6.49. The predicted molar refractivity (Wildman–Crippen MR) is 42.8 cm³/mol. The van der Waals surface area contributed by atoms with E-state index in [4.69, 9.17) is 9.84 Å². The van der Waals surface area contributed by atoms with Gasteiger partial charge in [-0.25, -0.2) is 0 Å². The molecule has 0 aromatic heterocycles. The Bertz CT molecular complexity index is 179. The van der Waals surface area contributed by atoms with E-state index >= 15 is 0 Å². The first-order valence-corrected chi connectivity index (χ1v) is 4.88. The molecule has 1 saturated heterocycles. The molecule has 1 fully saturated rings. The Hall–Kier alpha value is -0.298. The maximum Gasteiger partial charge on any atom is 0.309 e. The van der Waals surface area contributed by atoms with Crippen molar-refractivity contribution in [2.24, 2.45) is 0 Å². The molecule has 0 aromatic rings. The molecule has 4 heteroatoms. The Labute approximate surface area is 73.5 Å². The summed E-state index contributed by atoms with van der Waals surface area (Å²) in [5, 5.41) is 9.15. The SMILES string of the molecule is O=C1CC(O)CC(/C=[CH]/[AlH2])O1. The minimum absolute atomic E-state index is 0.144. The van der Waals surface area contributed by atoms with Crippen LogP contribution in [0.2, 0.25) is 0 Å². The lowest BCUT2D eigenvalue weighted by Gasteiger charge is -2.23. The second kappa shape index (κ2) is 3.91. The third kappa shape index (κ3) is 2.66. The number of aliphatic hydroxyl groups excluding tert-OH is 1. The predicted octanol–water partition coefficient (Wildman–Crippen LogP) is -0.800. The number of aliphatic hydroxyl groups is 1. The first kappa shape index (κ1) is 8.80. The second-order valence-electron chi connectivity index (χ2n) is 2.65. The van der Waals surface area contributed by atoms with Crippen molar-refractivity contribution in [2.75, 3.05) is 0 Å². The average molecular weight is 170 g/mol. The standard InChI is InChI=1S/C7H9O3.Al.2H/c1-2-6-3-5(8)4-7(9)10-6;;;/h1-2,5-6,8H,3-4H2;;;. The molecule has 0 saturated carbocycles. The molecule has 1 aliphatic rings. The third-order valence-electron chi connectivity index (χ3n) is 1.60. The number of ether oxygens (including phenoxy) is 1. The van der Waals surface area contributed by atoms with Crippen LogP contribution < -0.4 is 0 Å². The van der Waals surface area contributed by atoms with Crippen LogP contribution in [0.5, 0.6) is 0 Å². The highest BCUT2D eigenvalue weighted by Gasteiger charge is 2.24. The number of carbonyl (C=O) groups excluding carboxylic acids is 1. The number of rotatable bonds is 1. The van der Waals surface area contributed by atoms with E-state index in [9.17, 15) is 4.79 Å². The van der Waals surface area contributed by atoms with Crippen molar-refractivity contribution in [3.8, 4) is 0 Å². The van der Waals surface area contributed by atoms with Crippen molar-refractivity contribution in [3.63, 3.8) is 0 Å². The highest BCUT2D eigenvalue weighted by Crippen LogP contribution is 2.15. The number of hydrogen-bond acceptors (Lipinski definition) is 3. The summed E-state index contributed by atoms with van der Waals surface area (Å²) < 4.78 is 4.93. The van der Waals surface area contributed by atoms with E-state index in [2.05, 4.69) is 0 Å². The largest absolute Gasteiger partial charge is 0.458 e. The molecule has 11 heavy (non-hydrogen) atoms. The molecule has 1 rings (SSSR count). The van der Waals surface area contributed by atoms with Crippen molar-refractivity contribution < 1.29 is 14.6 Å². The van der Waals surface area contributed by atoms with Gasteiger partial charge in [0.1, 0.15) is 6.10 Å². The summed E-state index contributed by atoms with van der Waals surface area (Å²) in [5.74, 6) is -0.298. The van der Waals surface area contributed by atoms with Gasteiger partial charge >= 0.3 is 5.97 Å². The van der Waals surface area contributed by atoms with E-state index in [-0.39, 0.29) is 18.5 Å². The van der Waals surface area contributed by atoms with Gasteiger partial charge in [-0.05, 0) is 0 Å². The van der Waals surface area contributed by atoms with Crippen LogP contribution in [-0.2, 0) is 9.53 Å². The van der Waals surface area contributed by atoms with Gasteiger partial charge in [-0.1, -0.05) is 6.08 Å². The first-order valence-electron chi connectivity index (χ1n) is 3.72. The van der Waals surface area contributed by atoms with Crippen molar-refractivity contribution >= 4 is 22.3 Å². The second-order valence-corrected chi connectivity index (χ2v) is 3.31. The number of esters is 1. The third-order valence-corrected chi connectivity index (χ3v) is 1.98. The van der Waals surface area contributed by atoms with Crippen LogP contribution in [0.4, 0.5) is 0 Å². The van der Waals surface area contributed by atoms with Crippen molar-refractivity contribution in [3.05, 3.63) is 11.0 Å². The summed E-state index contributed by atoms with van der Waals surface area (Å²) in [6, 6.07) is 0. The van der Waals surface area contributed by atoms with E-state index in [1.165, 1.54) is 0 Å². The molecule has 1 N–H and O–H groups in total. The van der Waals surface area contributed by atoms with Gasteiger partial charge < -0.3 is 9.84 Å². The lowest BCUT2D eigenvalue weighted by Crippen LogP contribution is -2.31. The van der Waals surface area contributed by atoms with Gasteiger partial charge in [0.25, 0.3) is 0 Å².